The molecule has 6 heteroatoms. The summed E-state index contributed by atoms with van der Waals surface area (Å²) in [4.78, 5) is 25.0. The van der Waals surface area contributed by atoms with Crippen LogP contribution in [-0.4, -0.2) is 22.7 Å². The van der Waals surface area contributed by atoms with E-state index in [1.165, 1.54) is 6.07 Å². The first-order valence-corrected chi connectivity index (χ1v) is 5.25. The van der Waals surface area contributed by atoms with E-state index >= 15 is 0 Å². The maximum atomic E-state index is 13.6. The number of hydrogen-bond acceptors (Lipinski definition) is 3. The second-order valence-electron chi connectivity index (χ2n) is 3.61. The van der Waals surface area contributed by atoms with Crippen LogP contribution in [0, 0.1) is 5.82 Å². The number of carboxylic acid groups (broad SMARTS) is 1. The van der Waals surface area contributed by atoms with Crippen molar-refractivity contribution in [3.05, 3.63) is 39.9 Å². The van der Waals surface area contributed by atoms with Gasteiger partial charge in [0.05, 0.1) is 12.1 Å². The number of nitrogens with one attached hydrogen (secondary N) is 1. The van der Waals surface area contributed by atoms with Crippen molar-refractivity contribution < 1.29 is 19.0 Å². The highest BCUT2D eigenvalue weighted by Crippen LogP contribution is 2.22. The molecule has 0 aliphatic heterocycles. The lowest BCUT2D eigenvalue weighted by Crippen LogP contribution is -2.10. The van der Waals surface area contributed by atoms with Gasteiger partial charge in [-0.25, -0.2) is 9.18 Å². The predicted octanol–water partition coefficient (Wildman–Crippen LogP) is 1.76. The maximum absolute atomic E-state index is 13.6. The summed E-state index contributed by atoms with van der Waals surface area (Å²) in [6.45, 7) is 1.97. The Hall–Kier alpha value is -2.37. The number of pyridine rings is 1. The number of aromatic nitrogens is 1. The molecule has 1 aromatic heterocycles. The van der Waals surface area contributed by atoms with Crippen LogP contribution in [0.4, 0.5) is 4.39 Å². The van der Waals surface area contributed by atoms with Crippen molar-refractivity contribution in [3.63, 3.8) is 0 Å². The third-order valence-corrected chi connectivity index (χ3v) is 2.41. The molecule has 5 nitrogen and oxygen atoms in total. The van der Waals surface area contributed by atoms with Crippen molar-refractivity contribution in [1.29, 1.82) is 0 Å². The quantitative estimate of drug-likeness (QED) is 0.871. The van der Waals surface area contributed by atoms with Crippen molar-refractivity contribution in [3.8, 4) is 5.75 Å². The smallest absolute Gasteiger partial charge is 0.352 e. The molecule has 0 fully saturated rings. The first-order chi connectivity index (χ1) is 8.52. The van der Waals surface area contributed by atoms with Crippen LogP contribution < -0.4 is 10.2 Å². The second-order valence-corrected chi connectivity index (χ2v) is 3.61. The van der Waals surface area contributed by atoms with Crippen molar-refractivity contribution in [2.24, 2.45) is 0 Å². The highest BCUT2D eigenvalue weighted by atomic mass is 19.1. The molecule has 0 amide bonds. The molecule has 0 aliphatic rings. The predicted molar refractivity (Wildman–Crippen MR) is 62.7 cm³/mol. The lowest BCUT2D eigenvalue weighted by atomic mass is 10.1. The zero-order valence-corrected chi connectivity index (χ0v) is 9.49. The molecule has 0 saturated heterocycles. The summed E-state index contributed by atoms with van der Waals surface area (Å²) < 4.78 is 18.6. The van der Waals surface area contributed by atoms with Crippen molar-refractivity contribution >= 4 is 16.9 Å². The Morgan fingerprint density at radius 2 is 2.17 bits per heavy atom. The van der Waals surface area contributed by atoms with Gasteiger partial charge in [-0.3, -0.25) is 4.79 Å². The highest BCUT2D eigenvalue weighted by Gasteiger charge is 2.11. The number of hydrogen-bond donors (Lipinski definition) is 2. The van der Waals surface area contributed by atoms with Crippen LogP contribution in [0.1, 0.15) is 17.4 Å². The molecule has 1 aromatic carbocycles. The van der Waals surface area contributed by atoms with Crippen LogP contribution in [0.25, 0.3) is 10.9 Å². The number of rotatable bonds is 3. The summed E-state index contributed by atoms with van der Waals surface area (Å²) in [5, 5.41) is 8.97. The van der Waals surface area contributed by atoms with Crippen molar-refractivity contribution in [1.82, 2.24) is 4.98 Å². The molecule has 2 aromatic rings. The SMILES string of the molecule is CCOc1cc2c(=O)cc(C(=O)O)[nH]c2cc1F. The van der Waals surface area contributed by atoms with E-state index in [0.29, 0.717) is 0 Å². The van der Waals surface area contributed by atoms with Gasteiger partial charge in [0, 0.05) is 17.5 Å². The number of aromatic carboxylic acids is 1. The van der Waals surface area contributed by atoms with E-state index in [4.69, 9.17) is 9.84 Å². The first kappa shape index (κ1) is 12.1. The monoisotopic (exact) mass is 251 g/mol. The summed E-state index contributed by atoms with van der Waals surface area (Å²) in [7, 11) is 0. The minimum absolute atomic E-state index is 0.0291. The molecule has 2 rings (SSSR count). The van der Waals surface area contributed by atoms with Gasteiger partial charge in [-0.2, -0.15) is 0 Å². The molecule has 18 heavy (non-hydrogen) atoms. The number of carbonyl (C=O) groups is 1. The number of fused-ring (bicyclic) bond motifs is 1. The van der Waals surface area contributed by atoms with Gasteiger partial charge in [-0.05, 0) is 13.0 Å². The Kier molecular flexibility index (Phi) is 3.01. The molecule has 0 unspecified atom stereocenters. The Labute approximate surface area is 101 Å². The zero-order valence-electron chi connectivity index (χ0n) is 9.49. The van der Waals surface area contributed by atoms with Crippen LogP contribution in [0.5, 0.6) is 5.75 Å². The minimum Gasteiger partial charge on any atom is -0.491 e. The van der Waals surface area contributed by atoms with Gasteiger partial charge in [0.1, 0.15) is 5.69 Å². The number of halogens is 1. The molecular formula is C12H10FNO4. The van der Waals surface area contributed by atoms with E-state index in [2.05, 4.69) is 4.98 Å². The van der Waals surface area contributed by atoms with Crippen molar-refractivity contribution in [2.75, 3.05) is 6.61 Å². The van der Waals surface area contributed by atoms with E-state index in [-0.39, 0.29) is 29.0 Å². The fourth-order valence-corrected chi connectivity index (χ4v) is 1.63. The van der Waals surface area contributed by atoms with Crippen LogP contribution in [0.2, 0.25) is 0 Å². The number of benzene rings is 1. The summed E-state index contributed by atoms with van der Waals surface area (Å²) in [6.07, 6.45) is 0. The number of ether oxygens (including phenoxy) is 1. The summed E-state index contributed by atoms with van der Waals surface area (Å²) in [5.41, 5.74) is -0.654. The van der Waals surface area contributed by atoms with E-state index < -0.39 is 17.2 Å². The molecule has 1 heterocycles. The molecule has 0 aliphatic carbocycles. The molecule has 0 radical (unpaired) electrons. The molecular weight excluding hydrogens is 241 g/mol. The van der Waals surface area contributed by atoms with Gasteiger partial charge in [0.25, 0.3) is 0 Å². The van der Waals surface area contributed by atoms with E-state index in [9.17, 15) is 14.0 Å². The highest BCUT2D eigenvalue weighted by molar-refractivity contribution is 5.90. The van der Waals surface area contributed by atoms with E-state index in [1.807, 2.05) is 0 Å². The second kappa shape index (κ2) is 4.48. The van der Waals surface area contributed by atoms with Crippen LogP contribution in [0.15, 0.2) is 23.0 Å². The molecule has 0 atom stereocenters. The third-order valence-electron chi connectivity index (χ3n) is 2.41. The summed E-state index contributed by atoms with van der Waals surface area (Å²) >= 11 is 0. The van der Waals surface area contributed by atoms with Crippen LogP contribution in [-0.2, 0) is 0 Å². The van der Waals surface area contributed by atoms with Gasteiger partial charge >= 0.3 is 5.97 Å². The van der Waals surface area contributed by atoms with E-state index in [0.717, 1.165) is 12.1 Å². The van der Waals surface area contributed by atoms with Crippen LogP contribution >= 0.6 is 0 Å². The topological polar surface area (TPSA) is 79.4 Å². The maximum Gasteiger partial charge on any atom is 0.352 e. The zero-order chi connectivity index (χ0) is 13.3. The number of H-pyrrole nitrogens is 1. The standard InChI is InChI=1S/C12H10FNO4/c1-2-18-11-3-6-8(4-7(11)13)14-9(12(16)17)5-10(6)15/h3-5H,2H2,1H3,(H,14,15)(H,16,17). The van der Waals surface area contributed by atoms with Gasteiger partial charge < -0.3 is 14.8 Å². The number of aromatic amines is 1. The summed E-state index contributed by atoms with van der Waals surface area (Å²) in [5.74, 6) is -1.95. The molecule has 94 valence electrons. The minimum atomic E-state index is -1.27. The Balaban J connectivity index is 2.73. The van der Waals surface area contributed by atoms with Crippen LogP contribution in [0.3, 0.4) is 0 Å². The molecule has 0 spiro atoms. The first-order valence-electron chi connectivity index (χ1n) is 5.25. The lowest BCUT2D eigenvalue weighted by molar-refractivity contribution is 0.0691. The Bertz CT molecular complexity index is 678. The number of carboxylic acids is 1. The van der Waals surface area contributed by atoms with Gasteiger partial charge in [0.15, 0.2) is 17.0 Å². The Morgan fingerprint density at radius 3 is 2.78 bits per heavy atom. The largest absolute Gasteiger partial charge is 0.491 e. The summed E-state index contributed by atoms with van der Waals surface area (Å²) in [6, 6.07) is 3.27. The van der Waals surface area contributed by atoms with Gasteiger partial charge in [-0.15, -0.1) is 0 Å². The third kappa shape index (κ3) is 2.04. The molecule has 2 N–H and O–H groups in total. The fraction of sp³-hybridized carbons (Fsp3) is 0.167. The fourth-order valence-electron chi connectivity index (χ4n) is 1.63. The lowest BCUT2D eigenvalue weighted by Gasteiger charge is -2.06. The average Bonchev–Trinajstić information content (AvgIpc) is 2.30. The average molecular weight is 251 g/mol. The normalized spacial score (nSPS) is 10.6. The molecule has 0 bridgehead atoms. The Morgan fingerprint density at radius 1 is 1.44 bits per heavy atom. The van der Waals surface area contributed by atoms with E-state index in [1.54, 1.807) is 6.92 Å². The molecule has 0 saturated carbocycles. The van der Waals surface area contributed by atoms with Gasteiger partial charge in [-0.1, -0.05) is 0 Å². The van der Waals surface area contributed by atoms with Gasteiger partial charge in [0.2, 0.25) is 0 Å². The van der Waals surface area contributed by atoms with Crippen molar-refractivity contribution in [2.45, 2.75) is 6.92 Å².